The second-order valence-electron chi connectivity index (χ2n) is 5.05. The number of amides is 1. The van der Waals surface area contributed by atoms with Gasteiger partial charge in [-0.25, -0.2) is 4.39 Å². The van der Waals surface area contributed by atoms with Crippen LogP contribution in [0.2, 0.25) is 0 Å². The summed E-state index contributed by atoms with van der Waals surface area (Å²) < 4.78 is 17.7. The lowest BCUT2D eigenvalue weighted by atomic mass is 10.1. The number of hydrogen-bond donors (Lipinski definition) is 1. The quantitative estimate of drug-likeness (QED) is 0.799. The average molecular weight is 315 g/mol. The molecule has 1 amide bonds. The second kappa shape index (κ2) is 8.68. The highest BCUT2D eigenvalue weighted by Crippen LogP contribution is 2.06. The van der Waals surface area contributed by atoms with Crippen molar-refractivity contribution in [2.45, 2.75) is 19.4 Å². The monoisotopic (exact) mass is 315 g/mol. The van der Waals surface area contributed by atoms with Crippen LogP contribution in [0, 0.1) is 5.82 Å². The van der Waals surface area contributed by atoms with Crippen LogP contribution in [0.4, 0.5) is 4.39 Å². The maximum absolute atomic E-state index is 12.8. The molecule has 0 aliphatic heterocycles. The van der Waals surface area contributed by atoms with E-state index in [1.165, 1.54) is 12.1 Å². The lowest BCUT2D eigenvalue weighted by Crippen LogP contribution is -2.28. The van der Waals surface area contributed by atoms with Crippen molar-refractivity contribution >= 4 is 11.9 Å². The second-order valence-corrected chi connectivity index (χ2v) is 5.05. The van der Waals surface area contributed by atoms with Gasteiger partial charge in [-0.3, -0.25) is 9.59 Å². The predicted octanol–water partition coefficient (Wildman–Crippen LogP) is 2.62. The minimum absolute atomic E-state index is 0.150. The predicted molar refractivity (Wildman–Crippen MR) is 84.0 cm³/mol. The third-order valence-corrected chi connectivity index (χ3v) is 3.23. The van der Waals surface area contributed by atoms with Crippen LogP contribution in [0.5, 0.6) is 0 Å². The average Bonchev–Trinajstić information content (AvgIpc) is 2.58. The number of hydrogen-bond acceptors (Lipinski definition) is 3. The van der Waals surface area contributed by atoms with Crippen LogP contribution in [-0.4, -0.2) is 18.5 Å². The fraction of sp³-hybridized carbons (Fsp3) is 0.222. The van der Waals surface area contributed by atoms with E-state index in [1.807, 2.05) is 30.3 Å². The van der Waals surface area contributed by atoms with E-state index in [2.05, 4.69) is 5.32 Å². The van der Waals surface area contributed by atoms with Crippen LogP contribution in [0.3, 0.4) is 0 Å². The molecule has 0 saturated carbocycles. The van der Waals surface area contributed by atoms with Crippen LogP contribution in [-0.2, 0) is 27.3 Å². The molecule has 2 aromatic rings. The number of nitrogens with one attached hydrogen (secondary N) is 1. The van der Waals surface area contributed by atoms with Crippen LogP contribution >= 0.6 is 0 Å². The molecule has 0 aliphatic rings. The Morgan fingerprint density at radius 3 is 2.35 bits per heavy atom. The first-order chi connectivity index (χ1) is 11.1. The molecule has 0 aromatic heterocycles. The lowest BCUT2D eigenvalue weighted by molar-refractivity contribution is -0.148. The SMILES string of the molecule is O=C(COC(=O)CCc1ccc(F)cc1)NCc1ccccc1. The summed E-state index contributed by atoms with van der Waals surface area (Å²) in [5, 5.41) is 2.68. The van der Waals surface area contributed by atoms with Gasteiger partial charge >= 0.3 is 5.97 Å². The molecule has 0 unspecified atom stereocenters. The van der Waals surface area contributed by atoms with Crippen LogP contribution in [0.25, 0.3) is 0 Å². The molecule has 0 fully saturated rings. The number of benzene rings is 2. The van der Waals surface area contributed by atoms with Gasteiger partial charge in [-0.1, -0.05) is 42.5 Å². The van der Waals surface area contributed by atoms with E-state index in [4.69, 9.17) is 4.74 Å². The van der Waals surface area contributed by atoms with E-state index in [1.54, 1.807) is 12.1 Å². The van der Waals surface area contributed by atoms with E-state index >= 15 is 0 Å². The highest BCUT2D eigenvalue weighted by Gasteiger charge is 2.08. The van der Waals surface area contributed by atoms with Gasteiger partial charge in [0.2, 0.25) is 0 Å². The number of halogens is 1. The molecule has 5 heteroatoms. The standard InChI is InChI=1S/C18H18FNO3/c19-16-9-6-14(7-10-16)8-11-18(22)23-13-17(21)20-12-15-4-2-1-3-5-15/h1-7,9-10H,8,11-13H2,(H,20,21). The maximum atomic E-state index is 12.8. The van der Waals surface area contributed by atoms with Crippen molar-refractivity contribution < 1.29 is 18.7 Å². The van der Waals surface area contributed by atoms with Gasteiger partial charge in [-0.2, -0.15) is 0 Å². The van der Waals surface area contributed by atoms with Crippen LogP contribution in [0.15, 0.2) is 54.6 Å². The molecular formula is C18H18FNO3. The van der Waals surface area contributed by atoms with Gasteiger partial charge in [-0.05, 0) is 29.7 Å². The highest BCUT2D eigenvalue weighted by atomic mass is 19.1. The summed E-state index contributed by atoms with van der Waals surface area (Å²) in [5.41, 5.74) is 1.82. The Morgan fingerprint density at radius 2 is 1.65 bits per heavy atom. The molecular weight excluding hydrogens is 297 g/mol. The number of rotatable bonds is 7. The molecule has 0 aliphatic carbocycles. The number of aryl methyl sites for hydroxylation is 1. The van der Waals surface area contributed by atoms with E-state index < -0.39 is 5.97 Å². The molecule has 0 spiro atoms. The van der Waals surface area contributed by atoms with Gasteiger partial charge in [0, 0.05) is 13.0 Å². The third-order valence-electron chi connectivity index (χ3n) is 3.23. The minimum Gasteiger partial charge on any atom is -0.456 e. The summed E-state index contributed by atoms with van der Waals surface area (Å²) in [6, 6.07) is 15.4. The Balaban J connectivity index is 1.63. The highest BCUT2D eigenvalue weighted by molar-refractivity contribution is 5.80. The largest absolute Gasteiger partial charge is 0.456 e. The molecule has 23 heavy (non-hydrogen) atoms. The first-order valence-electron chi connectivity index (χ1n) is 7.34. The summed E-state index contributed by atoms with van der Waals surface area (Å²) in [4.78, 5) is 23.2. The van der Waals surface area contributed by atoms with E-state index in [9.17, 15) is 14.0 Å². The van der Waals surface area contributed by atoms with Crippen LogP contribution < -0.4 is 5.32 Å². The number of carbonyl (C=O) groups is 2. The maximum Gasteiger partial charge on any atom is 0.306 e. The van der Waals surface area contributed by atoms with E-state index in [0.717, 1.165) is 11.1 Å². The van der Waals surface area contributed by atoms with Crippen molar-refractivity contribution in [2.24, 2.45) is 0 Å². The van der Waals surface area contributed by atoms with Crippen molar-refractivity contribution in [2.75, 3.05) is 6.61 Å². The fourth-order valence-corrected chi connectivity index (χ4v) is 1.96. The molecule has 4 nitrogen and oxygen atoms in total. The van der Waals surface area contributed by atoms with Gasteiger partial charge in [0.25, 0.3) is 5.91 Å². The molecule has 0 radical (unpaired) electrons. The zero-order valence-electron chi connectivity index (χ0n) is 12.6. The Kier molecular flexibility index (Phi) is 6.29. The minimum atomic E-state index is -0.454. The molecule has 2 rings (SSSR count). The molecule has 1 N–H and O–H groups in total. The summed E-state index contributed by atoms with van der Waals surface area (Å²) in [6.45, 7) is 0.0991. The van der Waals surface area contributed by atoms with E-state index in [0.29, 0.717) is 13.0 Å². The Morgan fingerprint density at radius 1 is 0.957 bits per heavy atom. The Hall–Kier alpha value is -2.69. The first kappa shape index (κ1) is 16.7. The molecule has 0 atom stereocenters. The lowest BCUT2D eigenvalue weighted by Gasteiger charge is -2.07. The Bertz CT molecular complexity index is 641. The molecule has 0 bridgehead atoms. The molecule has 120 valence electrons. The smallest absolute Gasteiger partial charge is 0.306 e. The number of carbonyl (C=O) groups excluding carboxylic acids is 2. The fourth-order valence-electron chi connectivity index (χ4n) is 1.96. The van der Waals surface area contributed by atoms with Gasteiger partial charge < -0.3 is 10.1 Å². The molecule has 0 heterocycles. The van der Waals surface area contributed by atoms with Gasteiger partial charge in [0.05, 0.1) is 0 Å². The first-order valence-corrected chi connectivity index (χ1v) is 7.34. The summed E-state index contributed by atoms with van der Waals surface area (Å²) in [6.07, 6.45) is 0.600. The summed E-state index contributed by atoms with van der Waals surface area (Å²) in [5.74, 6) is -1.11. The molecule has 2 aromatic carbocycles. The van der Waals surface area contributed by atoms with Crippen molar-refractivity contribution in [3.63, 3.8) is 0 Å². The zero-order chi connectivity index (χ0) is 16.5. The van der Waals surface area contributed by atoms with Crippen molar-refractivity contribution in [1.82, 2.24) is 5.32 Å². The zero-order valence-corrected chi connectivity index (χ0v) is 12.6. The topological polar surface area (TPSA) is 55.4 Å². The normalized spacial score (nSPS) is 10.1. The van der Waals surface area contributed by atoms with Gasteiger partial charge in [0.1, 0.15) is 5.82 Å². The van der Waals surface area contributed by atoms with Crippen molar-refractivity contribution in [3.05, 3.63) is 71.5 Å². The van der Waals surface area contributed by atoms with Gasteiger partial charge in [0.15, 0.2) is 6.61 Å². The summed E-state index contributed by atoms with van der Waals surface area (Å²) in [7, 11) is 0. The summed E-state index contributed by atoms with van der Waals surface area (Å²) >= 11 is 0. The number of esters is 1. The molecule has 0 saturated heterocycles. The van der Waals surface area contributed by atoms with Crippen molar-refractivity contribution in [1.29, 1.82) is 0 Å². The third kappa shape index (κ3) is 6.30. The van der Waals surface area contributed by atoms with Crippen LogP contribution in [0.1, 0.15) is 17.5 Å². The Labute approximate surface area is 134 Å². The number of ether oxygens (including phenoxy) is 1. The van der Waals surface area contributed by atoms with Gasteiger partial charge in [-0.15, -0.1) is 0 Å². The van der Waals surface area contributed by atoms with E-state index in [-0.39, 0.29) is 24.8 Å². The van der Waals surface area contributed by atoms with Crippen molar-refractivity contribution in [3.8, 4) is 0 Å².